The topological polar surface area (TPSA) is 39.7 Å². The van der Waals surface area contributed by atoms with E-state index in [1.807, 2.05) is 6.07 Å². The molecule has 0 atom stereocenters. The molecule has 0 spiro atoms. The third kappa shape index (κ3) is 6.43. The highest BCUT2D eigenvalue weighted by Gasteiger charge is 2.02. The van der Waals surface area contributed by atoms with Crippen LogP contribution in [0.5, 0.6) is 0 Å². The summed E-state index contributed by atoms with van der Waals surface area (Å²) >= 11 is 0. The predicted octanol–water partition coefficient (Wildman–Crippen LogP) is 2.53. The molecule has 0 saturated carbocycles. The van der Waals surface area contributed by atoms with Gasteiger partial charge < -0.3 is 15.5 Å². The third-order valence-corrected chi connectivity index (χ3v) is 3.76. The van der Waals surface area contributed by atoms with Crippen molar-refractivity contribution in [2.75, 3.05) is 33.2 Å². The molecule has 0 aliphatic rings. The van der Waals surface area contributed by atoms with Crippen molar-refractivity contribution in [3.63, 3.8) is 0 Å². The maximum atomic E-state index is 13.5. The van der Waals surface area contributed by atoms with Crippen molar-refractivity contribution in [2.45, 2.75) is 33.7 Å². The fraction of sp³-hybridized carbons (Fsp3) is 0.588. The molecule has 0 heterocycles. The molecule has 22 heavy (non-hydrogen) atoms. The molecule has 1 aromatic rings. The molecule has 0 aliphatic carbocycles. The van der Waals surface area contributed by atoms with E-state index in [1.165, 1.54) is 0 Å². The lowest BCUT2D eigenvalue weighted by Crippen LogP contribution is -2.38. The number of aryl methyl sites for hydroxylation is 1. The van der Waals surface area contributed by atoms with Crippen molar-refractivity contribution in [1.29, 1.82) is 0 Å². The molecule has 0 fully saturated rings. The Bertz CT molecular complexity index is 470. The zero-order valence-corrected chi connectivity index (χ0v) is 14.2. The highest BCUT2D eigenvalue weighted by atomic mass is 19.1. The van der Waals surface area contributed by atoms with Gasteiger partial charge in [0.1, 0.15) is 5.82 Å². The number of hydrogen-bond acceptors (Lipinski definition) is 2. The molecular weight excluding hydrogens is 279 g/mol. The van der Waals surface area contributed by atoms with E-state index in [4.69, 9.17) is 0 Å². The standard InChI is InChI=1S/C17H29FN4/c1-5-22(6-2)11-7-10-20-17(19-4)21-13-15-9-8-14(3)16(18)12-15/h8-9,12H,5-7,10-11,13H2,1-4H3,(H2,19,20,21). The molecule has 1 aromatic carbocycles. The van der Waals surface area contributed by atoms with Gasteiger partial charge in [0.25, 0.3) is 0 Å². The summed E-state index contributed by atoms with van der Waals surface area (Å²) in [5.41, 5.74) is 1.58. The second-order valence-corrected chi connectivity index (χ2v) is 5.32. The molecule has 0 amide bonds. The SMILES string of the molecule is CCN(CC)CCCNC(=NC)NCc1ccc(C)c(F)c1. The second-order valence-electron chi connectivity index (χ2n) is 5.32. The quantitative estimate of drug-likeness (QED) is 0.440. The maximum Gasteiger partial charge on any atom is 0.191 e. The zero-order chi connectivity index (χ0) is 16.4. The van der Waals surface area contributed by atoms with Crippen LogP contribution in [0, 0.1) is 12.7 Å². The summed E-state index contributed by atoms with van der Waals surface area (Å²) in [5.74, 6) is 0.585. The molecule has 0 aromatic heterocycles. The lowest BCUT2D eigenvalue weighted by molar-refractivity contribution is 0.300. The maximum absolute atomic E-state index is 13.5. The Labute approximate surface area is 133 Å². The lowest BCUT2D eigenvalue weighted by atomic mass is 10.1. The van der Waals surface area contributed by atoms with Gasteiger partial charge in [-0.15, -0.1) is 0 Å². The van der Waals surface area contributed by atoms with E-state index in [-0.39, 0.29) is 5.82 Å². The van der Waals surface area contributed by atoms with Crippen LogP contribution in [-0.2, 0) is 6.54 Å². The first-order valence-corrected chi connectivity index (χ1v) is 8.02. The Morgan fingerprint density at radius 2 is 1.95 bits per heavy atom. The van der Waals surface area contributed by atoms with E-state index in [2.05, 4.69) is 34.4 Å². The summed E-state index contributed by atoms with van der Waals surface area (Å²) in [7, 11) is 1.75. The Morgan fingerprint density at radius 1 is 1.23 bits per heavy atom. The van der Waals surface area contributed by atoms with Gasteiger partial charge in [-0.1, -0.05) is 26.0 Å². The third-order valence-electron chi connectivity index (χ3n) is 3.76. The molecule has 0 bridgehead atoms. The zero-order valence-electron chi connectivity index (χ0n) is 14.2. The van der Waals surface area contributed by atoms with Gasteiger partial charge in [0, 0.05) is 20.1 Å². The molecule has 0 unspecified atom stereocenters. The van der Waals surface area contributed by atoms with Gasteiger partial charge >= 0.3 is 0 Å². The molecular formula is C17H29FN4. The number of nitrogens with zero attached hydrogens (tertiary/aromatic N) is 2. The molecule has 5 heteroatoms. The van der Waals surface area contributed by atoms with Crippen molar-refractivity contribution in [1.82, 2.24) is 15.5 Å². The summed E-state index contributed by atoms with van der Waals surface area (Å²) < 4.78 is 13.5. The minimum Gasteiger partial charge on any atom is -0.356 e. The van der Waals surface area contributed by atoms with Crippen molar-refractivity contribution >= 4 is 5.96 Å². The largest absolute Gasteiger partial charge is 0.356 e. The minimum absolute atomic E-state index is 0.165. The van der Waals surface area contributed by atoms with E-state index < -0.39 is 0 Å². The number of hydrogen-bond donors (Lipinski definition) is 2. The summed E-state index contributed by atoms with van der Waals surface area (Å²) in [6.07, 6.45) is 1.07. The molecule has 2 N–H and O–H groups in total. The van der Waals surface area contributed by atoms with Crippen LogP contribution in [0.2, 0.25) is 0 Å². The van der Waals surface area contributed by atoms with Crippen LogP contribution in [0.25, 0.3) is 0 Å². The number of aliphatic imine (C=N–C) groups is 1. The number of nitrogens with one attached hydrogen (secondary N) is 2. The Morgan fingerprint density at radius 3 is 2.55 bits per heavy atom. The smallest absolute Gasteiger partial charge is 0.191 e. The van der Waals surface area contributed by atoms with Crippen LogP contribution in [0.1, 0.15) is 31.4 Å². The van der Waals surface area contributed by atoms with Crippen LogP contribution in [0.4, 0.5) is 4.39 Å². The van der Waals surface area contributed by atoms with Gasteiger partial charge in [-0.3, -0.25) is 4.99 Å². The highest BCUT2D eigenvalue weighted by Crippen LogP contribution is 2.08. The summed E-state index contributed by atoms with van der Waals surface area (Å²) in [6.45, 7) is 10.8. The van der Waals surface area contributed by atoms with Crippen molar-refractivity contribution in [3.05, 3.63) is 35.1 Å². The summed E-state index contributed by atoms with van der Waals surface area (Å²) in [4.78, 5) is 6.58. The Balaban J connectivity index is 2.32. The molecule has 124 valence electrons. The molecule has 1 rings (SSSR count). The van der Waals surface area contributed by atoms with E-state index in [0.717, 1.165) is 44.1 Å². The van der Waals surface area contributed by atoms with Crippen LogP contribution in [0.3, 0.4) is 0 Å². The van der Waals surface area contributed by atoms with E-state index in [9.17, 15) is 4.39 Å². The summed E-state index contributed by atoms with van der Waals surface area (Å²) in [6, 6.07) is 5.29. The Hall–Kier alpha value is -1.62. The molecule has 0 radical (unpaired) electrons. The van der Waals surface area contributed by atoms with Gasteiger partial charge in [-0.05, 0) is 50.2 Å². The van der Waals surface area contributed by atoms with Gasteiger partial charge in [-0.25, -0.2) is 4.39 Å². The van der Waals surface area contributed by atoms with Crippen molar-refractivity contribution in [2.24, 2.45) is 4.99 Å². The second kappa shape index (κ2) is 10.2. The minimum atomic E-state index is -0.165. The number of guanidine groups is 1. The average Bonchev–Trinajstić information content (AvgIpc) is 2.53. The van der Waals surface area contributed by atoms with Crippen molar-refractivity contribution in [3.8, 4) is 0 Å². The molecule has 0 saturated heterocycles. The lowest BCUT2D eigenvalue weighted by Gasteiger charge is -2.18. The number of rotatable bonds is 8. The van der Waals surface area contributed by atoms with E-state index in [0.29, 0.717) is 12.1 Å². The first kappa shape index (κ1) is 18.4. The average molecular weight is 308 g/mol. The fourth-order valence-corrected chi connectivity index (χ4v) is 2.20. The van der Waals surface area contributed by atoms with Gasteiger partial charge in [-0.2, -0.15) is 0 Å². The first-order chi connectivity index (χ1) is 10.6. The predicted molar refractivity (Wildman–Crippen MR) is 91.7 cm³/mol. The van der Waals surface area contributed by atoms with Gasteiger partial charge in [0.15, 0.2) is 5.96 Å². The number of benzene rings is 1. The van der Waals surface area contributed by atoms with Crippen molar-refractivity contribution < 1.29 is 4.39 Å². The summed E-state index contributed by atoms with van der Waals surface area (Å²) in [5, 5.41) is 6.49. The van der Waals surface area contributed by atoms with Gasteiger partial charge in [0.2, 0.25) is 0 Å². The highest BCUT2D eigenvalue weighted by molar-refractivity contribution is 5.79. The van der Waals surface area contributed by atoms with Crippen LogP contribution in [0.15, 0.2) is 23.2 Å². The van der Waals surface area contributed by atoms with Crippen LogP contribution < -0.4 is 10.6 Å². The van der Waals surface area contributed by atoms with Crippen LogP contribution >= 0.6 is 0 Å². The fourth-order valence-electron chi connectivity index (χ4n) is 2.20. The first-order valence-electron chi connectivity index (χ1n) is 8.02. The number of halogens is 1. The van der Waals surface area contributed by atoms with Crippen LogP contribution in [-0.4, -0.2) is 44.1 Å². The van der Waals surface area contributed by atoms with Gasteiger partial charge in [0.05, 0.1) is 0 Å². The normalized spacial score (nSPS) is 11.8. The van der Waals surface area contributed by atoms with E-state index >= 15 is 0 Å². The monoisotopic (exact) mass is 308 g/mol. The van der Waals surface area contributed by atoms with E-state index in [1.54, 1.807) is 26.1 Å². The molecule has 0 aliphatic heterocycles. The Kier molecular flexibility index (Phi) is 8.51. The molecule has 4 nitrogen and oxygen atoms in total.